The molecule has 0 amide bonds. The fraction of sp³-hybridized carbons (Fsp3) is 0.936. The first kappa shape index (κ1) is 62.7. The van der Waals surface area contributed by atoms with Crippen LogP contribution in [0.15, 0.2) is 0 Å². The third kappa shape index (κ3) is 32.5. The van der Waals surface area contributed by atoms with Gasteiger partial charge in [-0.2, -0.15) is 0 Å². The Morgan fingerprint density at radius 1 is 0.470 bits per heavy atom. The maximum Gasteiger partial charge on any atom is 0.472 e. The van der Waals surface area contributed by atoms with E-state index in [1.165, 1.54) is 103 Å². The average molecular weight is 989 g/mol. The number of hydrogen-bond acceptors (Lipinski definition) is 14. The van der Waals surface area contributed by atoms with Gasteiger partial charge in [0.15, 0.2) is 0 Å². The summed E-state index contributed by atoms with van der Waals surface area (Å²) in [5, 5.41) is 41.5. The first-order chi connectivity index (χ1) is 31.5. The van der Waals surface area contributed by atoms with E-state index in [9.17, 15) is 48.8 Å². The Kier molecular flexibility index (Phi) is 36.5. The van der Waals surface area contributed by atoms with Crippen LogP contribution in [0.25, 0.3) is 0 Å². The molecule has 1 aliphatic carbocycles. The molecule has 0 aromatic rings. The summed E-state index contributed by atoms with van der Waals surface area (Å²) in [7, 11) is -10.6. The maximum atomic E-state index is 13.0. The third-order valence-corrected chi connectivity index (χ3v) is 13.6. The molecule has 0 aromatic carbocycles. The highest BCUT2D eigenvalue weighted by atomic mass is 31.2. The Bertz CT molecular complexity index is 1330. The van der Waals surface area contributed by atoms with Gasteiger partial charge in [0.25, 0.3) is 0 Å². The highest BCUT2D eigenvalue weighted by Crippen LogP contribution is 2.48. The fourth-order valence-electron chi connectivity index (χ4n) is 8.17. The molecular weight excluding hydrogens is 898 g/mol. The van der Waals surface area contributed by atoms with E-state index in [0.717, 1.165) is 77.0 Å². The Morgan fingerprint density at radius 2 is 0.848 bits per heavy atom. The zero-order valence-electron chi connectivity index (χ0n) is 40.4. The number of unbranched alkanes of at least 4 members (excludes halogenated alkanes) is 26. The molecule has 19 heteroatoms. The Labute approximate surface area is 395 Å². The third-order valence-electron chi connectivity index (χ3n) is 12.1. The SMILES string of the molecule is CCCCCCCCCCCCCCCC(=O)O[C@@H](COP(=O)(O)OC1C(O)[C@H](O)C(OP(=O)(O)O)[C@H](O)[C@@H]1O)CC(=O)OCCCCCCCCCCCCCCCCCC(=O)CCC. The van der Waals surface area contributed by atoms with Gasteiger partial charge in [-0.25, -0.2) is 9.13 Å². The Hall–Kier alpha value is -1.33. The topological polar surface area (TPSA) is 273 Å². The molecule has 0 bridgehead atoms. The molecule has 1 aliphatic rings. The second kappa shape index (κ2) is 38.4. The van der Waals surface area contributed by atoms with Gasteiger partial charge in [0.2, 0.25) is 0 Å². The summed E-state index contributed by atoms with van der Waals surface area (Å²) in [6.07, 6.45) is 18.4. The molecule has 0 aromatic heterocycles. The average Bonchev–Trinajstić information content (AvgIpc) is 3.26. The molecule has 390 valence electrons. The van der Waals surface area contributed by atoms with Crippen molar-refractivity contribution in [3.8, 4) is 0 Å². The van der Waals surface area contributed by atoms with Crippen LogP contribution < -0.4 is 0 Å². The van der Waals surface area contributed by atoms with Crippen LogP contribution in [0.5, 0.6) is 0 Å². The van der Waals surface area contributed by atoms with E-state index in [1.54, 1.807) is 0 Å². The normalized spacial score (nSPS) is 21.3. The van der Waals surface area contributed by atoms with Crippen molar-refractivity contribution in [3.63, 3.8) is 0 Å². The number of phosphoric acid groups is 2. The molecule has 1 rings (SSSR count). The maximum absolute atomic E-state index is 13.0. The standard InChI is InChI=1S/C47H90O17P2/c1-3-5-6-7-8-9-10-14-18-21-24-27-30-34-40(49)62-39(37-61-66(58,59)64-47-44(53)42(51)46(43(52)45(47)54)63-65(55,56)57)36-41(50)60-35-31-28-25-22-19-16-13-11-12-15-17-20-23-26-29-33-38(48)32-4-2/h39,42-47,51-54H,3-37H2,1-2H3,(H,58,59)(H2,55,56,57)/t39-,42-,43+,44+,45?,46?,47?/m1/s1. The van der Waals surface area contributed by atoms with Crippen molar-refractivity contribution in [1.82, 2.24) is 0 Å². The molecule has 0 saturated heterocycles. The molecule has 7 N–H and O–H groups in total. The number of ether oxygens (including phenoxy) is 2. The van der Waals surface area contributed by atoms with Crippen molar-refractivity contribution in [2.24, 2.45) is 0 Å². The van der Waals surface area contributed by atoms with Gasteiger partial charge >= 0.3 is 27.6 Å². The number of rotatable bonds is 44. The van der Waals surface area contributed by atoms with E-state index in [1.807, 2.05) is 6.92 Å². The lowest BCUT2D eigenvalue weighted by Crippen LogP contribution is -2.64. The van der Waals surface area contributed by atoms with Gasteiger partial charge in [0.05, 0.1) is 19.6 Å². The van der Waals surface area contributed by atoms with Gasteiger partial charge in [-0.05, 0) is 25.7 Å². The minimum Gasteiger partial charge on any atom is -0.466 e. The van der Waals surface area contributed by atoms with Crippen LogP contribution in [0.2, 0.25) is 0 Å². The van der Waals surface area contributed by atoms with E-state index in [4.69, 9.17) is 28.3 Å². The molecule has 17 nitrogen and oxygen atoms in total. The molecule has 0 spiro atoms. The predicted molar refractivity (Wildman–Crippen MR) is 251 cm³/mol. The lowest BCUT2D eigenvalue weighted by molar-refractivity contribution is -0.216. The number of carbonyl (C=O) groups excluding carboxylic acids is 3. The van der Waals surface area contributed by atoms with E-state index < -0.39 is 83.3 Å². The van der Waals surface area contributed by atoms with Crippen molar-refractivity contribution in [2.45, 2.75) is 268 Å². The molecule has 1 saturated carbocycles. The van der Waals surface area contributed by atoms with E-state index in [-0.39, 0.29) is 13.0 Å². The molecule has 4 unspecified atom stereocenters. The fourth-order valence-corrected chi connectivity index (χ4v) is 9.71. The number of phosphoric ester groups is 2. The number of hydrogen-bond donors (Lipinski definition) is 7. The van der Waals surface area contributed by atoms with Gasteiger partial charge in [-0.1, -0.05) is 174 Å². The first-order valence-corrected chi connectivity index (χ1v) is 28.5. The zero-order valence-corrected chi connectivity index (χ0v) is 42.2. The lowest BCUT2D eigenvalue weighted by Gasteiger charge is -2.43. The van der Waals surface area contributed by atoms with Crippen LogP contribution in [-0.2, 0) is 46.6 Å². The Balaban J connectivity index is 2.49. The van der Waals surface area contributed by atoms with Crippen molar-refractivity contribution < 1.29 is 81.7 Å². The van der Waals surface area contributed by atoms with Gasteiger partial charge in [0, 0.05) is 19.3 Å². The van der Waals surface area contributed by atoms with E-state index in [2.05, 4.69) is 11.4 Å². The molecule has 0 heterocycles. The number of esters is 2. The van der Waals surface area contributed by atoms with Gasteiger partial charge in [-0.15, -0.1) is 0 Å². The predicted octanol–water partition coefficient (Wildman–Crippen LogP) is 9.36. The van der Waals surface area contributed by atoms with Crippen LogP contribution >= 0.6 is 15.6 Å². The summed E-state index contributed by atoms with van der Waals surface area (Å²) in [4.78, 5) is 65.9. The minimum atomic E-state index is -5.31. The van der Waals surface area contributed by atoms with Crippen LogP contribution in [0.1, 0.15) is 226 Å². The molecular formula is C47H90O17P2. The number of Topliss-reactive ketones (excluding diaryl/α,β-unsaturated/α-hetero) is 1. The first-order valence-electron chi connectivity index (χ1n) is 25.5. The summed E-state index contributed by atoms with van der Waals surface area (Å²) in [6, 6.07) is 0. The monoisotopic (exact) mass is 989 g/mol. The number of aliphatic hydroxyl groups is 4. The van der Waals surface area contributed by atoms with E-state index >= 15 is 0 Å². The molecule has 1 fully saturated rings. The summed E-state index contributed by atoms with van der Waals surface area (Å²) in [5.74, 6) is -0.995. The Morgan fingerprint density at radius 3 is 1.26 bits per heavy atom. The number of ketones is 1. The summed E-state index contributed by atoms with van der Waals surface area (Å²) in [6.45, 7) is 3.54. The smallest absolute Gasteiger partial charge is 0.466 e. The zero-order chi connectivity index (χ0) is 49.1. The second-order valence-corrected chi connectivity index (χ2v) is 20.8. The van der Waals surface area contributed by atoms with Crippen LogP contribution in [0.3, 0.4) is 0 Å². The number of aliphatic hydroxyl groups excluding tert-OH is 4. The van der Waals surface area contributed by atoms with Crippen LogP contribution in [-0.4, -0.2) is 109 Å². The van der Waals surface area contributed by atoms with Gasteiger partial charge < -0.3 is 44.6 Å². The quantitative estimate of drug-likeness (QED) is 0.0170. The van der Waals surface area contributed by atoms with Crippen LogP contribution in [0, 0.1) is 0 Å². The molecule has 66 heavy (non-hydrogen) atoms. The van der Waals surface area contributed by atoms with Gasteiger partial charge in [-0.3, -0.25) is 28.0 Å². The second-order valence-electron chi connectivity index (χ2n) is 18.2. The molecule has 0 aliphatic heterocycles. The van der Waals surface area contributed by atoms with Crippen molar-refractivity contribution >= 4 is 33.4 Å². The summed E-state index contributed by atoms with van der Waals surface area (Å²) < 4.78 is 49.2. The highest BCUT2D eigenvalue weighted by molar-refractivity contribution is 7.47. The van der Waals surface area contributed by atoms with Crippen molar-refractivity contribution in [3.05, 3.63) is 0 Å². The lowest BCUT2D eigenvalue weighted by atomic mass is 9.85. The van der Waals surface area contributed by atoms with Crippen molar-refractivity contribution in [2.75, 3.05) is 13.2 Å². The number of carbonyl (C=O) groups is 3. The minimum absolute atomic E-state index is 0.0373. The van der Waals surface area contributed by atoms with Crippen LogP contribution in [0.4, 0.5) is 0 Å². The highest BCUT2D eigenvalue weighted by Gasteiger charge is 2.54. The largest absolute Gasteiger partial charge is 0.472 e. The van der Waals surface area contributed by atoms with Crippen molar-refractivity contribution in [1.29, 1.82) is 0 Å². The molecule has 8 atom stereocenters. The summed E-state index contributed by atoms with van der Waals surface area (Å²) >= 11 is 0. The van der Waals surface area contributed by atoms with Gasteiger partial charge in [0.1, 0.15) is 48.5 Å². The summed E-state index contributed by atoms with van der Waals surface area (Å²) in [5.41, 5.74) is 0. The molecule has 0 radical (unpaired) electrons. The van der Waals surface area contributed by atoms with E-state index in [0.29, 0.717) is 25.0 Å².